The van der Waals surface area contributed by atoms with Crippen molar-refractivity contribution in [1.82, 2.24) is 4.98 Å². The largest absolute Gasteiger partial charge is 0.478 e. The number of carbonyl (C=O) groups is 1. The zero-order chi connectivity index (χ0) is 12.7. The molecule has 3 N–H and O–H groups in total. The molecule has 0 amide bonds. The third-order valence-electron chi connectivity index (χ3n) is 3.56. The van der Waals surface area contributed by atoms with Gasteiger partial charge in [-0.05, 0) is 19.3 Å². The number of nitrogen functional groups attached to an aromatic ring is 1. The zero-order valence-electron chi connectivity index (χ0n) is 9.70. The highest BCUT2D eigenvalue weighted by Crippen LogP contribution is 2.40. The van der Waals surface area contributed by atoms with Gasteiger partial charge in [-0.3, -0.25) is 0 Å². The van der Waals surface area contributed by atoms with E-state index in [0.29, 0.717) is 16.9 Å². The SMILES string of the molecule is Nc1nc(C(=CC2CC3CCC2O3)C(=O)O)cs1. The van der Waals surface area contributed by atoms with E-state index in [1.165, 1.54) is 11.3 Å². The van der Waals surface area contributed by atoms with E-state index in [4.69, 9.17) is 10.5 Å². The van der Waals surface area contributed by atoms with Gasteiger partial charge in [-0.15, -0.1) is 11.3 Å². The second kappa shape index (κ2) is 4.37. The van der Waals surface area contributed by atoms with Crippen molar-refractivity contribution >= 4 is 28.0 Å². The number of nitrogens with two attached hydrogens (primary N) is 1. The number of hydrogen-bond donors (Lipinski definition) is 2. The highest BCUT2D eigenvalue weighted by atomic mass is 32.1. The molecule has 2 aliphatic heterocycles. The molecule has 0 radical (unpaired) electrons. The number of carboxylic acids is 1. The minimum absolute atomic E-state index is 0.181. The van der Waals surface area contributed by atoms with Crippen molar-refractivity contribution in [3.63, 3.8) is 0 Å². The van der Waals surface area contributed by atoms with E-state index in [2.05, 4.69) is 4.98 Å². The molecule has 3 rings (SSSR count). The van der Waals surface area contributed by atoms with Crippen LogP contribution in [0.2, 0.25) is 0 Å². The number of aliphatic carboxylic acids is 1. The maximum Gasteiger partial charge on any atom is 0.337 e. The lowest BCUT2D eigenvalue weighted by Crippen LogP contribution is -2.15. The molecule has 96 valence electrons. The van der Waals surface area contributed by atoms with Gasteiger partial charge in [-0.2, -0.15) is 0 Å². The van der Waals surface area contributed by atoms with E-state index in [0.717, 1.165) is 19.3 Å². The van der Waals surface area contributed by atoms with Crippen LogP contribution in [0.5, 0.6) is 0 Å². The molecule has 6 heteroatoms. The number of hydrogen-bond acceptors (Lipinski definition) is 5. The summed E-state index contributed by atoms with van der Waals surface area (Å²) in [5, 5.41) is 11.4. The summed E-state index contributed by atoms with van der Waals surface area (Å²) in [6.45, 7) is 0. The first-order chi connectivity index (χ1) is 8.63. The molecule has 0 saturated carbocycles. The molecule has 0 aromatic carbocycles. The fraction of sp³-hybridized carbons (Fsp3) is 0.500. The van der Waals surface area contributed by atoms with Gasteiger partial charge in [-0.1, -0.05) is 6.08 Å². The second-order valence-corrected chi connectivity index (χ2v) is 5.62. The van der Waals surface area contributed by atoms with Gasteiger partial charge in [-0.25, -0.2) is 9.78 Å². The number of aromatic nitrogens is 1. The average molecular weight is 266 g/mol. The maximum absolute atomic E-state index is 11.3. The van der Waals surface area contributed by atoms with Gasteiger partial charge in [0.05, 0.1) is 23.5 Å². The molecule has 2 bridgehead atoms. The number of anilines is 1. The highest BCUT2D eigenvalue weighted by molar-refractivity contribution is 7.13. The number of ether oxygens (including phenoxy) is 1. The first-order valence-corrected chi connectivity index (χ1v) is 6.83. The van der Waals surface area contributed by atoms with E-state index in [1.54, 1.807) is 11.5 Å². The summed E-state index contributed by atoms with van der Waals surface area (Å²) in [5.41, 5.74) is 6.24. The van der Waals surface area contributed by atoms with Gasteiger partial charge in [0.1, 0.15) is 0 Å². The Kier molecular flexibility index (Phi) is 2.83. The molecule has 18 heavy (non-hydrogen) atoms. The van der Waals surface area contributed by atoms with Crippen LogP contribution in [-0.4, -0.2) is 28.3 Å². The molecule has 3 heterocycles. The molecule has 1 aromatic heterocycles. The van der Waals surface area contributed by atoms with Crippen molar-refractivity contribution in [2.24, 2.45) is 5.92 Å². The van der Waals surface area contributed by atoms with Crippen LogP contribution in [0, 0.1) is 5.92 Å². The summed E-state index contributed by atoms with van der Waals surface area (Å²) < 4.78 is 5.73. The highest BCUT2D eigenvalue weighted by Gasteiger charge is 2.40. The van der Waals surface area contributed by atoms with Crippen molar-refractivity contribution < 1.29 is 14.6 Å². The van der Waals surface area contributed by atoms with Crippen molar-refractivity contribution in [1.29, 1.82) is 0 Å². The molecular formula is C12H14N2O3S. The summed E-state index contributed by atoms with van der Waals surface area (Å²) >= 11 is 1.25. The predicted octanol–water partition coefficient (Wildman–Crippen LogP) is 1.76. The smallest absolute Gasteiger partial charge is 0.337 e. The summed E-state index contributed by atoms with van der Waals surface area (Å²) in [5.74, 6) is -0.763. The Morgan fingerprint density at radius 1 is 1.61 bits per heavy atom. The lowest BCUT2D eigenvalue weighted by Gasteiger charge is -2.15. The van der Waals surface area contributed by atoms with Crippen molar-refractivity contribution in [2.75, 3.05) is 5.73 Å². The van der Waals surface area contributed by atoms with E-state index in [1.807, 2.05) is 0 Å². The summed E-state index contributed by atoms with van der Waals surface area (Å²) in [6.07, 6.45) is 5.33. The van der Waals surface area contributed by atoms with E-state index in [9.17, 15) is 9.90 Å². The van der Waals surface area contributed by atoms with Gasteiger partial charge in [0.2, 0.25) is 0 Å². The second-order valence-electron chi connectivity index (χ2n) is 4.73. The normalized spacial score (nSPS) is 30.9. The van der Waals surface area contributed by atoms with Crippen LogP contribution in [0.15, 0.2) is 11.5 Å². The molecule has 2 saturated heterocycles. The minimum atomic E-state index is -0.955. The zero-order valence-corrected chi connectivity index (χ0v) is 10.5. The number of fused-ring (bicyclic) bond motifs is 2. The molecule has 2 aliphatic rings. The van der Waals surface area contributed by atoms with Gasteiger partial charge < -0.3 is 15.6 Å². The molecule has 1 aromatic rings. The standard InChI is InChI=1S/C12H14N2O3S/c13-12-14-9(5-18-12)8(11(15)16)4-6-3-7-1-2-10(6)17-7/h4-7,10H,1-3H2,(H2,13,14)(H,15,16). The maximum atomic E-state index is 11.3. The molecule has 2 fully saturated rings. The van der Waals surface area contributed by atoms with Crippen LogP contribution < -0.4 is 5.73 Å². The Morgan fingerprint density at radius 2 is 2.44 bits per heavy atom. The van der Waals surface area contributed by atoms with E-state index in [-0.39, 0.29) is 17.6 Å². The molecule has 5 nitrogen and oxygen atoms in total. The van der Waals surface area contributed by atoms with Gasteiger partial charge >= 0.3 is 5.97 Å². The molecule has 0 spiro atoms. The van der Waals surface area contributed by atoms with Crippen molar-refractivity contribution in [3.05, 3.63) is 17.2 Å². The van der Waals surface area contributed by atoms with Crippen LogP contribution >= 0.6 is 11.3 Å². The Balaban J connectivity index is 1.88. The molecule has 3 atom stereocenters. The van der Waals surface area contributed by atoms with Crippen LogP contribution in [-0.2, 0) is 9.53 Å². The minimum Gasteiger partial charge on any atom is -0.478 e. The lowest BCUT2D eigenvalue weighted by molar-refractivity contribution is -0.130. The van der Waals surface area contributed by atoms with Gasteiger partial charge in [0.15, 0.2) is 5.13 Å². The first-order valence-electron chi connectivity index (χ1n) is 5.95. The number of thiazole rings is 1. The van der Waals surface area contributed by atoms with E-state index < -0.39 is 5.97 Å². The molecule has 0 aliphatic carbocycles. The first kappa shape index (κ1) is 11.7. The third kappa shape index (κ3) is 2.02. The van der Waals surface area contributed by atoms with Crippen molar-refractivity contribution in [3.8, 4) is 0 Å². The Hall–Kier alpha value is -1.40. The third-order valence-corrected chi connectivity index (χ3v) is 4.24. The summed E-state index contributed by atoms with van der Waals surface area (Å²) in [4.78, 5) is 15.4. The van der Waals surface area contributed by atoms with Crippen LogP contribution in [0.1, 0.15) is 25.0 Å². The predicted molar refractivity (Wildman–Crippen MR) is 68.1 cm³/mol. The molecular weight excluding hydrogens is 252 g/mol. The van der Waals surface area contributed by atoms with Crippen LogP contribution in [0.3, 0.4) is 0 Å². The quantitative estimate of drug-likeness (QED) is 0.814. The van der Waals surface area contributed by atoms with Crippen LogP contribution in [0.25, 0.3) is 5.57 Å². The fourth-order valence-corrected chi connectivity index (χ4v) is 3.31. The van der Waals surface area contributed by atoms with Gasteiger partial charge in [0.25, 0.3) is 0 Å². The van der Waals surface area contributed by atoms with Crippen LogP contribution in [0.4, 0.5) is 5.13 Å². The monoisotopic (exact) mass is 266 g/mol. The summed E-state index contributed by atoms with van der Waals surface area (Å²) in [6, 6.07) is 0. The summed E-state index contributed by atoms with van der Waals surface area (Å²) in [7, 11) is 0. The average Bonchev–Trinajstić information content (AvgIpc) is 3.01. The molecule has 3 unspecified atom stereocenters. The number of rotatable bonds is 3. The van der Waals surface area contributed by atoms with Gasteiger partial charge in [0, 0.05) is 11.3 Å². The topological polar surface area (TPSA) is 85.4 Å². The number of carboxylic acid groups (broad SMARTS) is 1. The lowest BCUT2D eigenvalue weighted by atomic mass is 9.87. The Labute approximate surface area is 108 Å². The Morgan fingerprint density at radius 3 is 2.94 bits per heavy atom. The van der Waals surface area contributed by atoms with E-state index >= 15 is 0 Å². The Bertz CT molecular complexity index is 511. The fourth-order valence-electron chi connectivity index (χ4n) is 2.74. The number of nitrogens with zero attached hydrogens (tertiary/aromatic N) is 1. The van der Waals surface area contributed by atoms with Crippen molar-refractivity contribution in [2.45, 2.75) is 31.5 Å².